The number of hydrogen-bond acceptors (Lipinski definition) is 6. The first-order chi connectivity index (χ1) is 14.5. The average molecular weight is 416 g/mol. The fourth-order valence-corrected chi connectivity index (χ4v) is 3.44. The maximum atomic E-state index is 12.2. The Morgan fingerprint density at radius 1 is 1.37 bits per heavy atom. The molecule has 0 amide bonds. The van der Waals surface area contributed by atoms with Gasteiger partial charge in [0.05, 0.1) is 5.69 Å². The number of nitrogens with one attached hydrogen (secondary N) is 1. The predicted octanol–water partition coefficient (Wildman–Crippen LogP) is 3.07. The molecule has 9 heteroatoms. The number of halogens is 1. The average Bonchev–Trinajstić information content (AvgIpc) is 2.74. The molecule has 1 aromatic carbocycles. The zero-order chi connectivity index (χ0) is 21.5. The summed E-state index contributed by atoms with van der Waals surface area (Å²) in [6, 6.07) is 9.00. The molecule has 1 aliphatic heterocycles. The molecule has 0 spiro atoms. The van der Waals surface area contributed by atoms with Crippen molar-refractivity contribution in [2.45, 2.75) is 32.7 Å². The topological polar surface area (TPSA) is 91.9 Å². The number of rotatable bonds is 7. The van der Waals surface area contributed by atoms with Gasteiger partial charge in [-0.05, 0) is 57.1 Å². The number of guanidine groups is 1. The van der Waals surface area contributed by atoms with Crippen LogP contribution in [0.4, 0.5) is 21.8 Å². The summed E-state index contributed by atoms with van der Waals surface area (Å²) in [5.41, 5.74) is 7.65. The molecule has 0 aliphatic carbocycles. The van der Waals surface area contributed by atoms with Crippen molar-refractivity contribution >= 4 is 23.4 Å². The maximum Gasteiger partial charge on any atom is 0.234 e. The molecule has 0 bridgehead atoms. The molecule has 3 rings (SSSR count). The van der Waals surface area contributed by atoms with E-state index in [1.165, 1.54) is 6.42 Å². The second kappa shape index (κ2) is 10.2. The summed E-state index contributed by atoms with van der Waals surface area (Å²) in [5.74, 6) is 1.94. The Labute approximate surface area is 177 Å². The number of nitrogens with zero attached hydrogens (tertiary/aromatic N) is 5. The summed E-state index contributed by atoms with van der Waals surface area (Å²) in [4.78, 5) is 17.6. The van der Waals surface area contributed by atoms with Crippen molar-refractivity contribution in [2.24, 2.45) is 10.7 Å². The van der Waals surface area contributed by atoms with Crippen molar-refractivity contribution in [3.8, 4) is 5.75 Å². The summed E-state index contributed by atoms with van der Waals surface area (Å²) >= 11 is 0. The lowest BCUT2D eigenvalue weighted by Crippen LogP contribution is -2.42. The van der Waals surface area contributed by atoms with Gasteiger partial charge >= 0.3 is 0 Å². The number of anilines is 2. The molecular formula is C21H30FN7O. The highest BCUT2D eigenvalue weighted by Gasteiger charge is 2.19. The van der Waals surface area contributed by atoms with Crippen LogP contribution < -0.4 is 20.7 Å². The first-order valence-corrected chi connectivity index (χ1v) is 10.2. The van der Waals surface area contributed by atoms with Crippen molar-refractivity contribution in [2.75, 3.05) is 43.8 Å². The minimum Gasteiger partial charge on any atom is -0.463 e. The maximum absolute atomic E-state index is 12.2. The first-order valence-electron chi connectivity index (χ1n) is 10.2. The van der Waals surface area contributed by atoms with Crippen molar-refractivity contribution in [3.05, 3.63) is 36.0 Å². The fourth-order valence-electron chi connectivity index (χ4n) is 3.44. The van der Waals surface area contributed by atoms with Crippen LogP contribution in [0.25, 0.3) is 0 Å². The number of nitrogens with two attached hydrogens (primary N) is 1. The van der Waals surface area contributed by atoms with Gasteiger partial charge in [-0.3, -0.25) is 4.90 Å². The van der Waals surface area contributed by atoms with Crippen LogP contribution in [-0.4, -0.2) is 60.4 Å². The zero-order valence-corrected chi connectivity index (χ0v) is 17.8. The van der Waals surface area contributed by atoms with Crippen LogP contribution in [0.5, 0.6) is 5.75 Å². The predicted molar refractivity (Wildman–Crippen MR) is 118 cm³/mol. The van der Waals surface area contributed by atoms with Gasteiger partial charge < -0.3 is 20.7 Å². The van der Waals surface area contributed by atoms with Crippen molar-refractivity contribution in [1.29, 1.82) is 0 Å². The van der Waals surface area contributed by atoms with Crippen LogP contribution in [0.3, 0.4) is 0 Å². The third-order valence-electron chi connectivity index (χ3n) is 5.09. The number of ether oxygens (including phenoxy) is 1. The number of hydrogen-bond donors (Lipinski definition) is 2. The number of likely N-dealkylation sites (tertiary alicyclic amines) is 1. The third kappa shape index (κ3) is 5.79. The molecule has 1 unspecified atom stereocenters. The fraction of sp³-hybridized carbons (Fsp3) is 0.476. The Morgan fingerprint density at radius 3 is 2.83 bits per heavy atom. The van der Waals surface area contributed by atoms with Crippen LogP contribution in [0.1, 0.15) is 25.5 Å². The first kappa shape index (κ1) is 21.8. The molecule has 3 N–H and O–H groups in total. The highest BCUT2D eigenvalue weighted by atomic mass is 19.1. The standard InChI is InChI=1S/C21H30FN7O/c1-4-29-11-5-6-17(13-29)25-19-12-15(2)24-21(27-19)28(3)20(23)26-16-7-9-18(10-8-16)30-14-22/h7-10,12,17H,4-6,11,13-14H2,1-3H3,(H2,23,26)(H,24,25,27). The van der Waals surface area contributed by atoms with E-state index in [1.54, 1.807) is 36.2 Å². The van der Waals surface area contributed by atoms with E-state index in [2.05, 4.69) is 32.1 Å². The van der Waals surface area contributed by atoms with E-state index >= 15 is 0 Å². The molecule has 0 saturated carbocycles. The smallest absolute Gasteiger partial charge is 0.234 e. The largest absolute Gasteiger partial charge is 0.463 e. The zero-order valence-electron chi connectivity index (χ0n) is 17.8. The van der Waals surface area contributed by atoms with Crippen LogP contribution in [0.2, 0.25) is 0 Å². The summed E-state index contributed by atoms with van der Waals surface area (Å²) in [6.45, 7) is 6.47. The van der Waals surface area contributed by atoms with Gasteiger partial charge in [-0.15, -0.1) is 0 Å². The van der Waals surface area contributed by atoms with Crippen molar-refractivity contribution in [1.82, 2.24) is 14.9 Å². The molecule has 1 aromatic heterocycles. The van der Waals surface area contributed by atoms with E-state index in [0.29, 0.717) is 23.4 Å². The highest BCUT2D eigenvalue weighted by molar-refractivity contribution is 5.94. The Hall–Kier alpha value is -2.94. The lowest BCUT2D eigenvalue weighted by Gasteiger charge is -2.32. The number of benzene rings is 1. The monoisotopic (exact) mass is 415 g/mol. The van der Waals surface area contributed by atoms with Crippen LogP contribution >= 0.6 is 0 Å². The van der Waals surface area contributed by atoms with Gasteiger partial charge in [0.2, 0.25) is 18.8 Å². The SMILES string of the molecule is CCN1CCCC(Nc2cc(C)nc(N(C)C(N)=Nc3ccc(OCF)cc3)n2)C1. The van der Waals surface area contributed by atoms with E-state index < -0.39 is 6.86 Å². The lowest BCUT2D eigenvalue weighted by atomic mass is 10.1. The second-order valence-electron chi connectivity index (χ2n) is 7.35. The molecule has 162 valence electrons. The van der Waals surface area contributed by atoms with Crippen LogP contribution in [-0.2, 0) is 0 Å². The van der Waals surface area contributed by atoms with E-state index in [1.807, 2.05) is 13.0 Å². The number of alkyl halides is 1. The Balaban J connectivity index is 1.72. The van der Waals surface area contributed by atoms with Gasteiger partial charge in [-0.1, -0.05) is 6.92 Å². The van der Waals surface area contributed by atoms with E-state index in [0.717, 1.165) is 37.6 Å². The molecule has 30 heavy (non-hydrogen) atoms. The number of likely N-dealkylation sites (N-methyl/N-ethyl adjacent to an activating group) is 1. The number of piperidine rings is 1. The van der Waals surface area contributed by atoms with Gasteiger partial charge in [-0.2, -0.15) is 4.98 Å². The minimum absolute atomic E-state index is 0.250. The normalized spacial score (nSPS) is 17.6. The molecule has 0 radical (unpaired) electrons. The molecule has 2 aromatic rings. The highest BCUT2D eigenvalue weighted by Crippen LogP contribution is 2.20. The Kier molecular flexibility index (Phi) is 7.40. The summed E-state index contributed by atoms with van der Waals surface area (Å²) in [5, 5.41) is 3.54. The quantitative estimate of drug-likeness (QED) is 0.530. The lowest BCUT2D eigenvalue weighted by molar-refractivity contribution is 0.192. The molecular weight excluding hydrogens is 385 g/mol. The van der Waals surface area contributed by atoms with Crippen LogP contribution in [0.15, 0.2) is 35.3 Å². The van der Waals surface area contributed by atoms with Gasteiger partial charge in [0.25, 0.3) is 0 Å². The minimum atomic E-state index is -0.869. The van der Waals surface area contributed by atoms with E-state index in [-0.39, 0.29) is 5.96 Å². The Morgan fingerprint density at radius 2 is 2.13 bits per heavy atom. The van der Waals surface area contributed by atoms with Gasteiger partial charge in [0, 0.05) is 31.4 Å². The molecule has 1 aliphatic rings. The molecule has 8 nitrogen and oxygen atoms in total. The number of aryl methyl sites for hydroxylation is 1. The molecule has 2 heterocycles. The number of aromatic nitrogens is 2. The van der Waals surface area contributed by atoms with Gasteiger partial charge in [-0.25, -0.2) is 14.4 Å². The molecule has 1 atom stereocenters. The van der Waals surface area contributed by atoms with Crippen molar-refractivity contribution < 1.29 is 9.13 Å². The molecule has 1 fully saturated rings. The Bertz CT molecular complexity index is 859. The van der Waals surface area contributed by atoms with Crippen molar-refractivity contribution in [3.63, 3.8) is 0 Å². The number of aliphatic imine (C=N–C) groups is 1. The van der Waals surface area contributed by atoms with E-state index in [4.69, 9.17) is 10.5 Å². The summed E-state index contributed by atoms with van der Waals surface area (Å²) < 4.78 is 17.0. The van der Waals surface area contributed by atoms with Gasteiger partial charge in [0.1, 0.15) is 11.6 Å². The summed E-state index contributed by atoms with van der Waals surface area (Å²) in [6.07, 6.45) is 2.30. The third-order valence-corrected chi connectivity index (χ3v) is 5.09. The summed E-state index contributed by atoms with van der Waals surface area (Å²) in [7, 11) is 1.78. The molecule has 1 saturated heterocycles. The van der Waals surface area contributed by atoms with E-state index in [9.17, 15) is 4.39 Å². The van der Waals surface area contributed by atoms with Gasteiger partial charge in [0.15, 0.2) is 0 Å². The second-order valence-corrected chi connectivity index (χ2v) is 7.35. The van der Waals surface area contributed by atoms with Crippen LogP contribution in [0, 0.1) is 6.92 Å².